The van der Waals surface area contributed by atoms with Crippen molar-refractivity contribution in [2.75, 3.05) is 0 Å². The molecule has 1 aliphatic heterocycles. The minimum Gasteiger partial charge on any atom is -0.391 e. The molecule has 1 amide bonds. The maximum Gasteiger partial charge on any atom is 0.267 e. The SMILES string of the molecule is CC(O)C1(C)SC(NC2CCCCC2)=NC1=O. The van der Waals surface area contributed by atoms with Crippen molar-refractivity contribution in [1.82, 2.24) is 5.32 Å². The van der Waals surface area contributed by atoms with Gasteiger partial charge in [0.05, 0.1) is 6.10 Å². The Hall–Kier alpha value is -0.550. The Bertz CT molecular complexity index is 337. The van der Waals surface area contributed by atoms with E-state index in [1.54, 1.807) is 13.8 Å². The standard InChI is InChI=1S/C12H20N2O2S/c1-8(15)12(2)10(16)14-11(17-12)13-9-6-4-3-5-7-9/h8-9,15H,3-7H2,1-2H3,(H,13,14,16). The molecule has 4 nitrogen and oxygen atoms in total. The summed E-state index contributed by atoms with van der Waals surface area (Å²) in [5, 5.41) is 13.7. The first-order chi connectivity index (χ1) is 8.02. The van der Waals surface area contributed by atoms with Gasteiger partial charge >= 0.3 is 0 Å². The highest BCUT2D eigenvalue weighted by Gasteiger charge is 2.45. The second kappa shape index (κ2) is 4.98. The average molecular weight is 256 g/mol. The molecule has 1 fully saturated rings. The molecule has 1 saturated carbocycles. The normalized spacial score (nSPS) is 32.4. The lowest BCUT2D eigenvalue weighted by atomic mass is 9.96. The van der Waals surface area contributed by atoms with Crippen LogP contribution in [0.2, 0.25) is 0 Å². The number of hydrogen-bond donors (Lipinski definition) is 2. The molecule has 0 saturated heterocycles. The molecule has 1 heterocycles. The molecule has 0 spiro atoms. The molecular formula is C12H20N2O2S. The second-order valence-corrected chi connectivity index (χ2v) is 6.53. The lowest BCUT2D eigenvalue weighted by Crippen LogP contribution is -2.40. The number of aliphatic imine (C=N–C) groups is 1. The smallest absolute Gasteiger partial charge is 0.267 e. The van der Waals surface area contributed by atoms with E-state index < -0.39 is 10.9 Å². The molecule has 2 rings (SSSR count). The zero-order chi connectivity index (χ0) is 12.5. The molecule has 0 aromatic heterocycles. The largest absolute Gasteiger partial charge is 0.391 e. The van der Waals surface area contributed by atoms with Crippen LogP contribution >= 0.6 is 11.8 Å². The molecule has 2 atom stereocenters. The predicted molar refractivity (Wildman–Crippen MR) is 70.1 cm³/mol. The van der Waals surface area contributed by atoms with Gasteiger partial charge in [-0.1, -0.05) is 31.0 Å². The van der Waals surface area contributed by atoms with Crippen LogP contribution in [-0.4, -0.2) is 33.1 Å². The third kappa shape index (κ3) is 2.65. The summed E-state index contributed by atoms with van der Waals surface area (Å²) < 4.78 is -0.809. The van der Waals surface area contributed by atoms with Crippen molar-refractivity contribution < 1.29 is 9.90 Å². The number of hydrogen-bond acceptors (Lipinski definition) is 4. The highest BCUT2D eigenvalue weighted by molar-refractivity contribution is 8.16. The van der Waals surface area contributed by atoms with E-state index in [4.69, 9.17) is 0 Å². The Morgan fingerprint density at radius 1 is 1.47 bits per heavy atom. The van der Waals surface area contributed by atoms with E-state index in [1.807, 2.05) is 0 Å². The van der Waals surface area contributed by atoms with Crippen LogP contribution in [0.15, 0.2) is 4.99 Å². The van der Waals surface area contributed by atoms with Gasteiger partial charge in [-0.2, -0.15) is 4.99 Å². The Labute approximate surface area is 106 Å². The van der Waals surface area contributed by atoms with Crippen molar-refractivity contribution in [1.29, 1.82) is 0 Å². The highest BCUT2D eigenvalue weighted by Crippen LogP contribution is 2.36. The third-order valence-electron chi connectivity index (χ3n) is 3.67. The first kappa shape index (κ1) is 12.9. The van der Waals surface area contributed by atoms with E-state index in [0.717, 1.165) is 12.8 Å². The van der Waals surface area contributed by atoms with Crippen molar-refractivity contribution >= 4 is 22.8 Å². The van der Waals surface area contributed by atoms with Crippen LogP contribution in [-0.2, 0) is 4.79 Å². The van der Waals surface area contributed by atoms with E-state index in [2.05, 4.69) is 10.3 Å². The second-order valence-electron chi connectivity index (χ2n) is 5.09. The van der Waals surface area contributed by atoms with Gasteiger partial charge in [0.25, 0.3) is 5.91 Å². The van der Waals surface area contributed by atoms with Gasteiger partial charge in [0.2, 0.25) is 0 Å². The monoisotopic (exact) mass is 256 g/mol. The summed E-state index contributed by atoms with van der Waals surface area (Å²) in [7, 11) is 0. The van der Waals surface area contributed by atoms with Crippen molar-refractivity contribution in [2.24, 2.45) is 4.99 Å². The van der Waals surface area contributed by atoms with Crippen LogP contribution in [0.3, 0.4) is 0 Å². The molecule has 0 aromatic carbocycles. The number of rotatable bonds is 2. The first-order valence-corrected chi connectivity index (χ1v) is 7.11. The summed E-state index contributed by atoms with van der Waals surface area (Å²) in [6.45, 7) is 3.40. The number of thioether (sulfide) groups is 1. The number of carbonyl (C=O) groups excluding carboxylic acids is 1. The summed E-state index contributed by atoms with van der Waals surface area (Å²) in [5.41, 5.74) is 0. The summed E-state index contributed by atoms with van der Waals surface area (Å²) in [6, 6.07) is 0.444. The summed E-state index contributed by atoms with van der Waals surface area (Å²) in [4.78, 5) is 15.8. The topological polar surface area (TPSA) is 61.7 Å². The molecule has 2 aliphatic rings. The van der Waals surface area contributed by atoms with E-state index >= 15 is 0 Å². The number of aliphatic hydroxyl groups excluding tert-OH is 1. The fraction of sp³-hybridized carbons (Fsp3) is 0.833. The predicted octanol–water partition coefficient (Wildman–Crippen LogP) is 1.68. The van der Waals surface area contributed by atoms with E-state index in [0.29, 0.717) is 11.2 Å². The highest BCUT2D eigenvalue weighted by atomic mass is 32.2. The van der Waals surface area contributed by atoms with E-state index in [-0.39, 0.29) is 5.91 Å². The summed E-state index contributed by atoms with van der Waals surface area (Å²) >= 11 is 1.36. The fourth-order valence-corrected chi connectivity index (χ4v) is 3.28. The minimum absolute atomic E-state index is 0.226. The van der Waals surface area contributed by atoms with Crippen LogP contribution in [0.1, 0.15) is 46.0 Å². The van der Waals surface area contributed by atoms with Crippen LogP contribution in [0, 0.1) is 0 Å². The van der Waals surface area contributed by atoms with Gasteiger partial charge in [0.15, 0.2) is 5.17 Å². The Morgan fingerprint density at radius 2 is 2.12 bits per heavy atom. The maximum absolute atomic E-state index is 11.8. The number of carbonyl (C=O) groups is 1. The molecule has 2 N–H and O–H groups in total. The van der Waals surface area contributed by atoms with Gasteiger partial charge in [-0.3, -0.25) is 4.79 Å². The third-order valence-corrected chi connectivity index (χ3v) is 5.01. The summed E-state index contributed by atoms with van der Waals surface area (Å²) in [6.07, 6.45) is 5.42. The zero-order valence-corrected chi connectivity index (χ0v) is 11.2. The van der Waals surface area contributed by atoms with Gasteiger partial charge in [-0.25, -0.2) is 0 Å². The molecule has 17 heavy (non-hydrogen) atoms. The average Bonchev–Trinajstić information content (AvgIpc) is 2.57. The minimum atomic E-state index is -0.809. The van der Waals surface area contributed by atoms with Gasteiger partial charge in [0.1, 0.15) is 4.75 Å². The first-order valence-electron chi connectivity index (χ1n) is 6.29. The fourth-order valence-electron chi connectivity index (χ4n) is 2.22. The van der Waals surface area contributed by atoms with Gasteiger partial charge in [0, 0.05) is 6.04 Å². The van der Waals surface area contributed by atoms with Crippen molar-refractivity contribution in [3.05, 3.63) is 0 Å². The van der Waals surface area contributed by atoms with Gasteiger partial charge in [-0.05, 0) is 26.7 Å². The molecule has 5 heteroatoms. The molecule has 0 radical (unpaired) electrons. The maximum atomic E-state index is 11.8. The lowest BCUT2D eigenvalue weighted by Gasteiger charge is -2.26. The number of nitrogens with zero attached hydrogens (tertiary/aromatic N) is 1. The molecule has 96 valence electrons. The quantitative estimate of drug-likeness (QED) is 0.789. The Morgan fingerprint density at radius 3 is 2.65 bits per heavy atom. The van der Waals surface area contributed by atoms with Crippen molar-refractivity contribution in [3.63, 3.8) is 0 Å². The van der Waals surface area contributed by atoms with Crippen LogP contribution < -0.4 is 5.32 Å². The van der Waals surface area contributed by atoms with Gasteiger partial charge < -0.3 is 10.4 Å². The van der Waals surface area contributed by atoms with Crippen LogP contribution in [0.25, 0.3) is 0 Å². The number of amidine groups is 1. The Balaban J connectivity index is 1.95. The Kier molecular flexibility index (Phi) is 3.78. The van der Waals surface area contributed by atoms with Crippen molar-refractivity contribution in [3.8, 4) is 0 Å². The molecule has 0 bridgehead atoms. The van der Waals surface area contributed by atoms with Crippen LogP contribution in [0.5, 0.6) is 0 Å². The van der Waals surface area contributed by atoms with E-state index in [9.17, 15) is 9.90 Å². The molecule has 0 aromatic rings. The number of aliphatic hydroxyl groups is 1. The molecular weight excluding hydrogens is 236 g/mol. The zero-order valence-electron chi connectivity index (χ0n) is 10.4. The van der Waals surface area contributed by atoms with Gasteiger partial charge in [-0.15, -0.1) is 0 Å². The van der Waals surface area contributed by atoms with Crippen molar-refractivity contribution in [2.45, 2.75) is 62.8 Å². The summed E-state index contributed by atoms with van der Waals surface area (Å²) in [5.74, 6) is -0.226. The number of nitrogens with one attached hydrogen (secondary N) is 1. The lowest BCUT2D eigenvalue weighted by molar-refractivity contribution is -0.121. The van der Waals surface area contributed by atoms with Crippen LogP contribution in [0.4, 0.5) is 0 Å². The van der Waals surface area contributed by atoms with E-state index in [1.165, 1.54) is 31.0 Å². The number of amides is 1. The molecule has 1 aliphatic carbocycles. The molecule has 2 unspecified atom stereocenters.